The summed E-state index contributed by atoms with van der Waals surface area (Å²) in [7, 11) is 1.60. The predicted molar refractivity (Wildman–Crippen MR) is 90.0 cm³/mol. The van der Waals surface area contributed by atoms with Crippen molar-refractivity contribution >= 4 is 34.8 Å². The summed E-state index contributed by atoms with van der Waals surface area (Å²) >= 11 is 18.6. The maximum atomic E-state index is 6.35. The van der Waals surface area contributed by atoms with E-state index in [0.29, 0.717) is 20.8 Å². The molecule has 2 aromatic rings. The van der Waals surface area contributed by atoms with E-state index in [4.69, 9.17) is 39.5 Å². The minimum absolute atomic E-state index is 0.0765. The molecular weight excluding hydrogens is 329 g/mol. The number of methoxy groups -OCH3 is 1. The van der Waals surface area contributed by atoms with Crippen molar-refractivity contribution in [1.29, 1.82) is 0 Å². The van der Waals surface area contributed by atoms with Crippen LogP contribution in [0.3, 0.4) is 0 Å². The van der Waals surface area contributed by atoms with E-state index in [1.54, 1.807) is 13.2 Å². The first kappa shape index (κ1) is 16.4. The Morgan fingerprint density at radius 1 is 1.10 bits per heavy atom. The lowest BCUT2D eigenvalue weighted by molar-refractivity contribution is 0.414. The first-order valence-corrected chi connectivity index (χ1v) is 7.72. The van der Waals surface area contributed by atoms with E-state index in [1.807, 2.05) is 37.3 Å². The molecule has 0 heterocycles. The van der Waals surface area contributed by atoms with Gasteiger partial charge in [0.2, 0.25) is 0 Å². The van der Waals surface area contributed by atoms with E-state index in [2.05, 4.69) is 5.32 Å². The number of nitrogens with one attached hydrogen (secondary N) is 1. The maximum Gasteiger partial charge on any atom is 0.137 e. The minimum Gasteiger partial charge on any atom is -0.495 e. The molecule has 0 aliphatic heterocycles. The first-order valence-electron chi connectivity index (χ1n) is 6.59. The quantitative estimate of drug-likeness (QED) is 0.789. The summed E-state index contributed by atoms with van der Waals surface area (Å²) in [5.41, 5.74) is 1.94. The molecule has 0 fully saturated rings. The second-order valence-corrected chi connectivity index (χ2v) is 5.72. The van der Waals surface area contributed by atoms with Gasteiger partial charge in [-0.2, -0.15) is 0 Å². The van der Waals surface area contributed by atoms with Crippen LogP contribution in [0.25, 0.3) is 0 Å². The summed E-state index contributed by atoms with van der Waals surface area (Å²) in [6, 6.07) is 11.2. The number of ether oxygens (including phenoxy) is 1. The molecule has 0 aromatic heterocycles. The zero-order valence-electron chi connectivity index (χ0n) is 11.8. The highest BCUT2D eigenvalue weighted by Gasteiger charge is 2.18. The Morgan fingerprint density at radius 3 is 2.52 bits per heavy atom. The molecule has 2 aromatic carbocycles. The van der Waals surface area contributed by atoms with Crippen molar-refractivity contribution in [1.82, 2.24) is 5.32 Å². The van der Waals surface area contributed by atoms with Gasteiger partial charge in [-0.15, -0.1) is 0 Å². The molecule has 2 nitrogen and oxygen atoms in total. The Labute approximate surface area is 140 Å². The van der Waals surface area contributed by atoms with Crippen LogP contribution in [0.4, 0.5) is 0 Å². The topological polar surface area (TPSA) is 21.3 Å². The molecule has 0 spiro atoms. The van der Waals surface area contributed by atoms with Crippen LogP contribution in [-0.4, -0.2) is 13.7 Å². The van der Waals surface area contributed by atoms with Gasteiger partial charge in [0.15, 0.2) is 0 Å². The van der Waals surface area contributed by atoms with Crippen LogP contribution in [0.1, 0.15) is 24.1 Å². The van der Waals surface area contributed by atoms with E-state index in [9.17, 15) is 0 Å². The van der Waals surface area contributed by atoms with Crippen molar-refractivity contribution in [2.24, 2.45) is 0 Å². The fraction of sp³-hybridized carbons (Fsp3) is 0.250. The van der Waals surface area contributed by atoms with Crippen LogP contribution in [0.2, 0.25) is 15.1 Å². The molecule has 0 amide bonds. The average Bonchev–Trinajstić information content (AvgIpc) is 2.49. The van der Waals surface area contributed by atoms with Crippen molar-refractivity contribution in [2.75, 3.05) is 13.7 Å². The monoisotopic (exact) mass is 343 g/mol. The van der Waals surface area contributed by atoms with Gasteiger partial charge in [-0.3, -0.25) is 0 Å². The van der Waals surface area contributed by atoms with Gasteiger partial charge in [0.05, 0.1) is 28.2 Å². The third kappa shape index (κ3) is 3.64. The van der Waals surface area contributed by atoms with Crippen LogP contribution in [0.15, 0.2) is 36.4 Å². The van der Waals surface area contributed by atoms with Crippen molar-refractivity contribution in [2.45, 2.75) is 13.0 Å². The largest absolute Gasteiger partial charge is 0.495 e. The number of hydrogen-bond donors (Lipinski definition) is 1. The molecule has 0 radical (unpaired) electrons. The van der Waals surface area contributed by atoms with Gasteiger partial charge < -0.3 is 10.1 Å². The molecule has 0 saturated heterocycles. The Bertz CT molecular complexity index is 631. The summed E-state index contributed by atoms with van der Waals surface area (Å²) in [4.78, 5) is 0. The van der Waals surface area contributed by atoms with Crippen molar-refractivity contribution in [3.05, 3.63) is 62.6 Å². The number of hydrogen-bond acceptors (Lipinski definition) is 2. The second kappa shape index (κ2) is 7.37. The van der Waals surface area contributed by atoms with E-state index in [1.165, 1.54) is 0 Å². The lowest BCUT2D eigenvalue weighted by Gasteiger charge is -2.21. The third-order valence-electron chi connectivity index (χ3n) is 3.21. The van der Waals surface area contributed by atoms with Crippen LogP contribution >= 0.6 is 34.8 Å². The first-order chi connectivity index (χ1) is 10.1. The highest BCUT2D eigenvalue weighted by atomic mass is 35.5. The minimum atomic E-state index is -0.0765. The van der Waals surface area contributed by atoms with E-state index >= 15 is 0 Å². The van der Waals surface area contributed by atoms with E-state index in [0.717, 1.165) is 17.7 Å². The molecule has 0 bridgehead atoms. The Kier molecular flexibility index (Phi) is 5.77. The van der Waals surface area contributed by atoms with Crippen LogP contribution in [0, 0.1) is 0 Å². The third-order valence-corrected chi connectivity index (χ3v) is 4.35. The van der Waals surface area contributed by atoms with Gasteiger partial charge in [-0.05, 0) is 35.9 Å². The normalized spacial score (nSPS) is 12.2. The fourth-order valence-electron chi connectivity index (χ4n) is 2.21. The number of rotatable bonds is 5. The predicted octanol–water partition coefficient (Wildman–Crippen LogP) is 5.35. The molecule has 112 valence electrons. The van der Waals surface area contributed by atoms with Crippen molar-refractivity contribution in [3.8, 4) is 5.75 Å². The summed E-state index contributed by atoms with van der Waals surface area (Å²) < 4.78 is 5.29. The van der Waals surface area contributed by atoms with E-state index in [-0.39, 0.29) is 6.04 Å². The molecule has 5 heteroatoms. The number of halogens is 3. The van der Waals surface area contributed by atoms with Crippen molar-refractivity contribution in [3.63, 3.8) is 0 Å². The van der Waals surface area contributed by atoms with Crippen LogP contribution < -0.4 is 10.1 Å². The summed E-state index contributed by atoms with van der Waals surface area (Å²) in [6.45, 7) is 2.83. The highest BCUT2D eigenvalue weighted by molar-refractivity contribution is 6.42. The van der Waals surface area contributed by atoms with Gasteiger partial charge in [0.1, 0.15) is 5.75 Å². The summed E-state index contributed by atoms with van der Waals surface area (Å²) in [5, 5.41) is 5.08. The molecule has 0 aliphatic rings. The lowest BCUT2D eigenvalue weighted by atomic mass is 9.98. The molecular formula is C16H16Cl3NO. The molecule has 1 atom stereocenters. The second-order valence-electron chi connectivity index (χ2n) is 4.53. The Morgan fingerprint density at radius 2 is 1.86 bits per heavy atom. The standard InChI is InChI=1S/C16H16Cl3NO/c1-3-20-16(11-5-4-6-13(18)15(11)19)10-7-8-12(17)14(9-10)21-2/h4-9,16,20H,3H2,1-2H3. The van der Waals surface area contributed by atoms with Crippen molar-refractivity contribution < 1.29 is 4.74 Å². The zero-order valence-corrected chi connectivity index (χ0v) is 14.1. The Hall–Kier alpha value is -0.930. The maximum absolute atomic E-state index is 6.35. The fourth-order valence-corrected chi connectivity index (χ4v) is 2.82. The molecule has 2 rings (SSSR count). The Balaban J connectivity index is 2.50. The van der Waals surface area contributed by atoms with Gasteiger partial charge in [0.25, 0.3) is 0 Å². The summed E-state index contributed by atoms with van der Waals surface area (Å²) in [5.74, 6) is 0.634. The van der Waals surface area contributed by atoms with Gasteiger partial charge in [-0.25, -0.2) is 0 Å². The van der Waals surface area contributed by atoms with E-state index < -0.39 is 0 Å². The van der Waals surface area contributed by atoms with Crippen LogP contribution in [0.5, 0.6) is 5.75 Å². The molecule has 0 saturated carbocycles. The average molecular weight is 345 g/mol. The summed E-state index contributed by atoms with van der Waals surface area (Å²) in [6.07, 6.45) is 0. The van der Waals surface area contributed by atoms with Crippen LogP contribution in [-0.2, 0) is 0 Å². The number of benzene rings is 2. The highest BCUT2D eigenvalue weighted by Crippen LogP contribution is 2.35. The molecule has 1 N–H and O–H groups in total. The van der Waals surface area contributed by atoms with Gasteiger partial charge in [-0.1, -0.05) is 59.9 Å². The van der Waals surface area contributed by atoms with Gasteiger partial charge in [0, 0.05) is 0 Å². The molecule has 21 heavy (non-hydrogen) atoms. The zero-order chi connectivity index (χ0) is 15.4. The smallest absolute Gasteiger partial charge is 0.137 e. The lowest BCUT2D eigenvalue weighted by Crippen LogP contribution is -2.22. The SMILES string of the molecule is CCNC(c1ccc(Cl)c(OC)c1)c1cccc(Cl)c1Cl. The molecule has 0 aliphatic carbocycles. The van der Waals surface area contributed by atoms with Gasteiger partial charge >= 0.3 is 0 Å². The molecule has 1 unspecified atom stereocenters.